The minimum atomic E-state index is -0.724. The van der Waals surface area contributed by atoms with Crippen molar-refractivity contribution < 1.29 is 19.0 Å². The van der Waals surface area contributed by atoms with Crippen molar-refractivity contribution >= 4 is 11.7 Å². The second-order valence-electron chi connectivity index (χ2n) is 6.54. The number of pyridine rings is 1. The Labute approximate surface area is 147 Å². The van der Waals surface area contributed by atoms with Gasteiger partial charge in [-0.3, -0.25) is 4.79 Å². The summed E-state index contributed by atoms with van der Waals surface area (Å²) >= 11 is 0. The van der Waals surface area contributed by atoms with Crippen molar-refractivity contribution in [3.8, 4) is 22.8 Å². The highest BCUT2D eigenvalue weighted by Crippen LogP contribution is 2.32. The Morgan fingerprint density at radius 2 is 2.08 bits per heavy atom. The van der Waals surface area contributed by atoms with E-state index in [1.807, 2.05) is 24.3 Å². The fraction of sp³-hybridized carbons (Fsp3) is 0.368. The summed E-state index contributed by atoms with van der Waals surface area (Å²) in [6.45, 7) is 5.23. The molecular weight excluding hydrogens is 320 g/mol. The van der Waals surface area contributed by atoms with E-state index in [-0.39, 0.29) is 12.6 Å². The zero-order chi connectivity index (χ0) is 17.9. The number of hydrogen-bond donors (Lipinski definition) is 1. The molecule has 1 N–H and O–H groups in total. The number of carbonyl (C=O) groups is 1. The Balaban J connectivity index is 1.69. The fourth-order valence-corrected chi connectivity index (χ4v) is 2.54. The maximum Gasteiger partial charge on any atom is 0.314 e. The first-order valence-electron chi connectivity index (χ1n) is 8.18. The van der Waals surface area contributed by atoms with Gasteiger partial charge < -0.3 is 19.5 Å². The van der Waals surface area contributed by atoms with Crippen LogP contribution in [0.15, 0.2) is 36.5 Å². The Hall–Kier alpha value is -2.76. The summed E-state index contributed by atoms with van der Waals surface area (Å²) < 4.78 is 16.1. The molecule has 0 aliphatic carbocycles. The van der Waals surface area contributed by atoms with Gasteiger partial charge in [0.25, 0.3) is 0 Å². The van der Waals surface area contributed by atoms with Crippen molar-refractivity contribution in [2.75, 3.05) is 32.2 Å². The summed E-state index contributed by atoms with van der Waals surface area (Å²) in [6, 6.07) is 9.76. The van der Waals surface area contributed by atoms with Gasteiger partial charge in [0, 0.05) is 24.4 Å². The van der Waals surface area contributed by atoms with Crippen molar-refractivity contribution in [1.82, 2.24) is 4.98 Å². The highest BCUT2D eigenvalue weighted by atomic mass is 16.5. The Morgan fingerprint density at radius 1 is 1.28 bits per heavy atom. The van der Waals surface area contributed by atoms with E-state index in [4.69, 9.17) is 14.2 Å². The van der Waals surface area contributed by atoms with E-state index in [1.165, 1.54) is 7.11 Å². The standard InChI is InChI=1S/C19H22N2O4/c1-19(2,18(22)23-3)12-25-17-7-5-14(11-21-17)13-4-6-15-16(10-13)24-9-8-20-15/h4-7,10-11,20H,8-9,12H2,1-3H3. The number of hydrogen-bond acceptors (Lipinski definition) is 6. The van der Waals surface area contributed by atoms with Gasteiger partial charge in [-0.2, -0.15) is 0 Å². The van der Waals surface area contributed by atoms with E-state index >= 15 is 0 Å². The monoisotopic (exact) mass is 342 g/mol. The van der Waals surface area contributed by atoms with E-state index in [2.05, 4.69) is 10.3 Å². The van der Waals surface area contributed by atoms with Crippen LogP contribution in [-0.2, 0) is 9.53 Å². The van der Waals surface area contributed by atoms with Crippen LogP contribution in [-0.4, -0.2) is 37.8 Å². The molecule has 0 unspecified atom stereocenters. The third-order valence-electron chi connectivity index (χ3n) is 4.05. The zero-order valence-electron chi connectivity index (χ0n) is 14.7. The number of fused-ring (bicyclic) bond motifs is 1. The molecule has 0 radical (unpaired) electrons. The van der Waals surface area contributed by atoms with E-state index < -0.39 is 5.41 Å². The third-order valence-corrected chi connectivity index (χ3v) is 4.05. The number of benzene rings is 1. The molecule has 0 saturated heterocycles. The molecule has 1 aromatic carbocycles. The summed E-state index contributed by atoms with van der Waals surface area (Å²) in [5.41, 5.74) is 2.28. The van der Waals surface area contributed by atoms with Crippen molar-refractivity contribution in [3.63, 3.8) is 0 Å². The number of nitrogens with one attached hydrogen (secondary N) is 1. The number of ether oxygens (including phenoxy) is 3. The second kappa shape index (κ2) is 7.01. The van der Waals surface area contributed by atoms with Gasteiger partial charge in [0.2, 0.25) is 5.88 Å². The smallest absolute Gasteiger partial charge is 0.314 e. The van der Waals surface area contributed by atoms with Gasteiger partial charge in [0.1, 0.15) is 19.0 Å². The molecule has 1 aliphatic rings. The average molecular weight is 342 g/mol. The van der Waals surface area contributed by atoms with E-state index in [1.54, 1.807) is 26.1 Å². The number of anilines is 1. The van der Waals surface area contributed by atoms with Gasteiger partial charge in [-0.25, -0.2) is 4.98 Å². The lowest BCUT2D eigenvalue weighted by molar-refractivity contribution is -0.152. The van der Waals surface area contributed by atoms with Gasteiger partial charge in [0.05, 0.1) is 18.2 Å². The first kappa shape index (κ1) is 17.1. The molecule has 0 amide bonds. The van der Waals surface area contributed by atoms with Crippen LogP contribution in [0.1, 0.15) is 13.8 Å². The quantitative estimate of drug-likeness (QED) is 0.842. The van der Waals surface area contributed by atoms with Crippen LogP contribution < -0.4 is 14.8 Å². The molecule has 0 spiro atoms. The molecule has 1 aliphatic heterocycles. The normalized spacial score (nSPS) is 13.2. The Morgan fingerprint density at radius 3 is 2.80 bits per heavy atom. The van der Waals surface area contributed by atoms with Crippen LogP contribution in [0.25, 0.3) is 11.1 Å². The molecule has 0 atom stereocenters. The van der Waals surface area contributed by atoms with Crippen molar-refractivity contribution in [2.24, 2.45) is 5.41 Å². The Kier molecular flexibility index (Phi) is 4.79. The number of rotatable bonds is 5. The molecule has 132 valence electrons. The molecule has 6 nitrogen and oxygen atoms in total. The summed E-state index contributed by atoms with van der Waals surface area (Å²) in [7, 11) is 1.37. The van der Waals surface area contributed by atoms with E-state index in [0.29, 0.717) is 12.5 Å². The first-order valence-corrected chi connectivity index (χ1v) is 8.18. The van der Waals surface area contributed by atoms with Crippen LogP contribution in [0.2, 0.25) is 0 Å². The fourth-order valence-electron chi connectivity index (χ4n) is 2.54. The third kappa shape index (κ3) is 3.84. The topological polar surface area (TPSA) is 69.7 Å². The number of esters is 1. The van der Waals surface area contributed by atoms with Crippen LogP contribution in [0.4, 0.5) is 5.69 Å². The average Bonchev–Trinajstić information content (AvgIpc) is 2.65. The lowest BCUT2D eigenvalue weighted by Gasteiger charge is -2.21. The SMILES string of the molecule is COC(=O)C(C)(C)COc1ccc(-c2ccc3c(c2)OCCN3)cn1. The summed E-state index contributed by atoms with van der Waals surface area (Å²) in [4.78, 5) is 16.0. The molecule has 0 saturated carbocycles. The molecule has 25 heavy (non-hydrogen) atoms. The Bertz CT molecular complexity index is 757. The lowest BCUT2D eigenvalue weighted by atomic mass is 9.95. The summed E-state index contributed by atoms with van der Waals surface area (Å²) in [5.74, 6) is 1.01. The number of aromatic nitrogens is 1. The maximum absolute atomic E-state index is 11.7. The number of carbonyl (C=O) groups excluding carboxylic acids is 1. The predicted molar refractivity (Wildman–Crippen MR) is 94.9 cm³/mol. The number of methoxy groups -OCH3 is 1. The molecular formula is C19H22N2O4. The van der Waals surface area contributed by atoms with Gasteiger partial charge in [-0.05, 0) is 37.6 Å². The molecule has 1 aromatic heterocycles. The maximum atomic E-state index is 11.7. The minimum absolute atomic E-state index is 0.199. The molecule has 0 bridgehead atoms. The first-order chi connectivity index (χ1) is 12.0. The highest BCUT2D eigenvalue weighted by molar-refractivity contribution is 5.76. The van der Waals surface area contributed by atoms with Gasteiger partial charge in [-0.15, -0.1) is 0 Å². The number of nitrogens with zero attached hydrogens (tertiary/aromatic N) is 1. The zero-order valence-corrected chi connectivity index (χ0v) is 14.7. The summed E-state index contributed by atoms with van der Waals surface area (Å²) in [5, 5.41) is 3.30. The molecule has 3 rings (SSSR count). The minimum Gasteiger partial charge on any atom is -0.490 e. The van der Waals surface area contributed by atoms with Gasteiger partial charge >= 0.3 is 5.97 Å². The van der Waals surface area contributed by atoms with E-state index in [0.717, 1.165) is 29.1 Å². The summed E-state index contributed by atoms with van der Waals surface area (Å²) in [6.07, 6.45) is 1.75. The van der Waals surface area contributed by atoms with Crippen LogP contribution in [0.5, 0.6) is 11.6 Å². The van der Waals surface area contributed by atoms with Gasteiger partial charge in [-0.1, -0.05) is 6.07 Å². The van der Waals surface area contributed by atoms with Crippen LogP contribution in [0.3, 0.4) is 0 Å². The van der Waals surface area contributed by atoms with E-state index in [9.17, 15) is 4.79 Å². The molecule has 2 heterocycles. The van der Waals surface area contributed by atoms with Crippen LogP contribution >= 0.6 is 0 Å². The van der Waals surface area contributed by atoms with Crippen LogP contribution in [0, 0.1) is 5.41 Å². The largest absolute Gasteiger partial charge is 0.490 e. The van der Waals surface area contributed by atoms with Crippen molar-refractivity contribution in [1.29, 1.82) is 0 Å². The predicted octanol–water partition coefficient (Wildman–Crippen LogP) is 3.13. The molecule has 6 heteroatoms. The molecule has 2 aromatic rings. The highest BCUT2D eigenvalue weighted by Gasteiger charge is 2.29. The molecule has 0 fully saturated rings. The van der Waals surface area contributed by atoms with Crippen molar-refractivity contribution in [2.45, 2.75) is 13.8 Å². The van der Waals surface area contributed by atoms with Crippen molar-refractivity contribution in [3.05, 3.63) is 36.5 Å². The lowest BCUT2D eigenvalue weighted by Crippen LogP contribution is -2.32. The second-order valence-corrected chi connectivity index (χ2v) is 6.54. The van der Waals surface area contributed by atoms with Gasteiger partial charge in [0.15, 0.2) is 0 Å².